The monoisotopic (exact) mass is 314 g/mol. The molecule has 0 amide bonds. The lowest BCUT2D eigenvalue weighted by atomic mass is 9.88. The van der Waals surface area contributed by atoms with Crippen molar-refractivity contribution in [2.24, 2.45) is 5.73 Å². The molecule has 110 valence electrons. The number of thiophene rings is 1. The van der Waals surface area contributed by atoms with Gasteiger partial charge in [-0.2, -0.15) is 0 Å². The van der Waals surface area contributed by atoms with Crippen molar-refractivity contribution in [1.82, 2.24) is 4.90 Å². The zero-order valence-electron chi connectivity index (χ0n) is 11.1. The van der Waals surface area contributed by atoms with Gasteiger partial charge in [0.05, 0.1) is 18.8 Å². The van der Waals surface area contributed by atoms with E-state index in [4.69, 9.17) is 17.3 Å². The van der Waals surface area contributed by atoms with Crippen LogP contribution in [0.5, 0.6) is 0 Å². The summed E-state index contributed by atoms with van der Waals surface area (Å²) in [6.07, 6.45) is 7.38. The summed E-state index contributed by atoms with van der Waals surface area (Å²) in [5.41, 5.74) is 5.36. The minimum atomic E-state index is -0.981. The molecule has 0 bridgehead atoms. The highest BCUT2D eigenvalue weighted by Crippen LogP contribution is 2.39. The lowest BCUT2D eigenvalue weighted by Crippen LogP contribution is -2.48. The Balaban J connectivity index is 2.43. The Hall–Kier alpha value is -0.690. The van der Waals surface area contributed by atoms with Gasteiger partial charge in [-0.15, -0.1) is 11.3 Å². The Bertz CT molecular complexity index is 463. The molecule has 0 aromatic carbocycles. The summed E-state index contributed by atoms with van der Waals surface area (Å²) in [5, 5.41) is 20.6. The van der Waals surface area contributed by atoms with E-state index in [-0.39, 0.29) is 13.2 Å². The van der Waals surface area contributed by atoms with Crippen molar-refractivity contribution < 1.29 is 10.2 Å². The number of aliphatic hydroxyl groups excluding tert-OH is 2. The van der Waals surface area contributed by atoms with E-state index < -0.39 is 10.5 Å². The highest BCUT2D eigenvalue weighted by molar-refractivity contribution is 7.10. The maximum atomic E-state index is 9.29. The summed E-state index contributed by atoms with van der Waals surface area (Å²) in [5.74, 6) is 0. The average Bonchev–Trinajstić information content (AvgIpc) is 2.94. The topological polar surface area (TPSA) is 69.7 Å². The first-order chi connectivity index (χ1) is 9.54. The lowest BCUT2D eigenvalue weighted by molar-refractivity contribution is 0.105. The summed E-state index contributed by atoms with van der Waals surface area (Å²) >= 11 is 7.73. The highest BCUT2D eigenvalue weighted by atomic mass is 35.5. The van der Waals surface area contributed by atoms with E-state index in [1.165, 1.54) is 0 Å². The standard InChI is InChI=1S/C14H19ClN2O2S/c15-14(16)5-3-13(4-6-14,12-2-1-11-20-12)17(7-9-18)8-10-19/h1-6,11,18-19H,7-10,16H2. The predicted molar refractivity (Wildman–Crippen MR) is 82.8 cm³/mol. The van der Waals surface area contributed by atoms with Crippen LogP contribution in [0.25, 0.3) is 0 Å². The van der Waals surface area contributed by atoms with E-state index in [1.807, 2.05) is 34.6 Å². The molecule has 1 aliphatic carbocycles. The van der Waals surface area contributed by atoms with Crippen LogP contribution in [0.15, 0.2) is 41.8 Å². The molecule has 6 heteroatoms. The van der Waals surface area contributed by atoms with Crippen molar-refractivity contribution >= 4 is 22.9 Å². The van der Waals surface area contributed by atoms with Crippen LogP contribution in [0.2, 0.25) is 0 Å². The van der Waals surface area contributed by atoms with E-state index in [2.05, 4.69) is 0 Å². The van der Waals surface area contributed by atoms with Gasteiger partial charge in [-0.3, -0.25) is 4.90 Å². The van der Waals surface area contributed by atoms with E-state index >= 15 is 0 Å². The number of nitrogens with zero attached hydrogens (tertiary/aromatic N) is 1. The SMILES string of the molecule is NC1(Cl)C=CC(c2cccs2)(N(CCO)CCO)C=C1. The van der Waals surface area contributed by atoms with Gasteiger partial charge in [-0.25, -0.2) is 0 Å². The molecule has 0 fully saturated rings. The Morgan fingerprint density at radius 2 is 1.75 bits per heavy atom. The number of nitrogens with two attached hydrogens (primary N) is 1. The van der Waals surface area contributed by atoms with Gasteiger partial charge in [0.15, 0.2) is 0 Å². The normalized spacial score (nSPS) is 29.2. The third kappa shape index (κ3) is 3.14. The first kappa shape index (κ1) is 15.7. The molecule has 0 radical (unpaired) electrons. The number of aliphatic hydroxyl groups is 2. The molecule has 1 aliphatic rings. The van der Waals surface area contributed by atoms with E-state index in [1.54, 1.807) is 23.5 Å². The number of hydrogen-bond acceptors (Lipinski definition) is 5. The third-order valence-corrected chi connectivity index (χ3v) is 4.63. The number of halogens is 1. The van der Waals surface area contributed by atoms with Gasteiger partial charge in [-0.05, 0) is 23.6 Å². The van der Waals surface area contributed by atoms with Crippen molar-refractivity contribution in [3.63, 3.8) is 0 Å². The van der Waals surface area contributed by atoms with Crippen molar-refractivity contribution in [2.75, 3.05) is 26.3 Å². The summed E-state index contributed by atoms with van der Waals surface area (Å²) in [4.78, 5) is 2.13. The number of hydrogen-bond donors (Lipinski definition) is 3. The van der Waals surface area contributed by atoms with Crippen LogP contribution in [-0.2, 0) is 5.54 Å². The van der Waals surface area contributed by atoms with E-state index in [9.17, 15) is 10.2 Å². The zero-order chi connectivity index (χ0) is 14.6. The van der Waals surface area contributed by atoms with Crippen LogP contribution in [-0.4, -0.2) is 46.4 Å². The predicted octanol–water partition coefficient (Wildman–Crippen LogP) is 1.25. The van der Waals surface area contributed by atoms with Gasteiger partial charge in [0, 0.05) is 18.0 Å². The fourth-order valence-corrected chi connectivity index (χ4v) is 3.42. The summed E-state index contributed by atoms with van der Waals surface area (Å²) < 4.78 is 0. The average molecular weight is 315 g/mol. The Morgan fingerprint density at radius 3 is 2.20 bits per heavy atom. The van der Waals surface area contributed by atoms with Gasteiger partial charge in [-0.1, -0.05) is 29.8 Å². The first-order valence-corrected chi connectivity index (χ1v) is 7.69. The molecular weight excluding hydrogens is 296 g/mol. The van der Waals surface area contributed by atoms with E-state index in [0.29, 0.717) is 13.1 Å². The molecule has 0 atom stereocenters. The van der Waals surface area contributed by atoms with Gasteiger partial charge in [0.25, 0.3) is 0 Å². The van der Waals surface area contributed by atoms with Crippen molar-refractivity contribution in [2.45, 2.75) is 10.5 Å². The molecule has 0 spiro atoms. The van der Waals surface area contributed by atoms with Gasteiger partial charge in [0.2, 0.25) is 0 Å². The molecule has 0 aliphatic heterocycles. The van der Waals surface area contributed by atoms with E-state index in [0.717, 1.165) is 4.88 Å². The minimum Gasteiger partial charge on any atom is -0.395 e. The molecular formula is C14H19ClN2O2S. The van der Waals surface area contributed by atoms with Crippen LogP contribution in [0.1, 0.15) is 4.88 Å². The Morgan fingerprint density at radius 1 is 1.15 bits per heavy atom. The molecule has 1 aromatic heterocycles. The molecule has 1 heterocycles. The molecule has 1 aromatic rings. The van der Waals surface area contributed by atoms with Gasteiger partial charge < -0.3 is 15.9 Å². The Labute approximate surface area is 127 Å². The number of alkyl halides is 1. The maximum absolute atomic E-state index is 9.29. The van der Waals surface area contributed by atoms with Crippen LogP contribution in [0.3, 0.4) is 0 Å². The van der Waals surface area contributed by atoms with Crippen molar-refractivity contribution in [3.05, 3.63) is 46.7 Å². The lowest BCUT2D eigenvalue weighted by Gasteiger charge is -2.41. The summed E-state index contributed by atoms with van der Waals surface area (Å²) in [6, 6.07) is 4.00. The van der Waals surface area contributed by atoms with Crippen LogP contribution >= 0.6 is 22.9 Å². The quantitative estimate of drug-likeness (QED) is 0.420. The molecule has 4 N–H and O–H groups in total. The largest absolute Gasteiger partial charge is 0.395 e. The molecule has 4 nitrogen and oxygen atoms in total. The van der Waals surface area contributed by atoms with Crippen molar-refractivity contribution in [3.8, 4) is 0 Å². The summed E-state index contributed by atoms with van der Waals surface area (Å²) in [7, 11) is 0. The van der Waals surface area contributed by atoms with Crippen LogP contribution < -0.4 is 5.73 Å². The minimum absolute atomic E-state index is 0.0173. The fourth-order valence-electron chi connectivity index (χ4n) is 2.38. The molecule has 0 unspecified atom stereocenters. The first-order valence-electron chi connectivity index (χ1n) is 6.43. The van der Waals surface area contributed by atoms with Gasteiger partial charge in [0.1, 0.15) is 5.00 Å². The molecule has 0 saturated carbocycles. The fraction of sp³-hybridized carbons (Fsp3) is 0.429. The van der Waals surface area contributed by atoms with Gasteiger partial charge >= 0.3 is 0 Å². The highest BCUT2D eigenvalue weighted by Gasteiger charge is 2.38. The third-order valence-electron chi connectivity index (χ3n) is 3.36. The van der Waals surface area contributed by atoms with Crippen molar-refractivity contribution in [1.29, 1.82) is 0 Å². The molecule has 20 heavy (non-hydrogen) atoms. The second-order valence-electron chi connectivity index (χ2n) is 4.73. The maximum Gasteiger partial charge on any atom is 0.128 e. The van der Waals surface area contributed by atoms with Crippen LogP contribution in [0.4, 0.5) is 0 Å². The molecule has 2 rings (SSSR count). The summed E-state index contributed by atoms with van der Waals surface area (Å²) in [6.45, 7) is 0.937. The second kappa shape index (κ2) is 6.39. The Kier molecular flexibility index (Phi) is 5.01. The smallest absolute Gasteiger partial charge is 0.128 e. The number of rotatable bonds is 6. The zero-order valence-corrected chi connectivity index (χ0v) is 12.6. The molecule has 0 saturated heterocycles. The van der Waals surface area contributed by atoms with Crippen LogP contribution in [0, 0.1) is 0 Å². The second-order valence-corrected chi connectivity index (χ2v) is 6.33.